The number of anilines is 1. The molecule has 0 spiro atoms. The van der Waals surface area contributed by atoms with Crippen molar-refractivity contribution >= 4 is 23.0 Å². The van der Waals surface area contributed by atoms with Gasteiger partial charge in [-0.25, -0.2) is 4.98 Å². The van der Waals surface area contributed by atoms with Gasteiger partial charge in [0.2, 0.25) is 0 Å². The zero-order valence-corrected chi connectivity index (χ0v) is 12.9. The van der Waals surface area contributed by atoms with Crippen LogP contribution in [0.2, 0.25) is 0 Å². The SMILES string of the molecule is CCn1ccnc(N(C)Cc2cccc(C(N)=S)c2)c1=O. The Morgan fingerprint density at radius 2 is 2.24 bits per heavy atom. The van der Waals surface area contributed by atoms with Gasteiger partial charge in [0.25, 0.3) is 5.56 Å². The highest BCUT2D eigenvalue weighted by Gasteiger charge is 2.10. The first kappa shape index (κ1) is 15.2. The average molecular weight is 302 g/mol. The van der Waals surface area contributed by atoms with Crippen molar-refractivity contribution in [3.8, 4) is 0 Å². The molecule has 2 rings (SSSR count). The monoisotopic (exact) mass is 302 g/mol. The lowest BCUT2D eigenvalue weighted by molar-refractivity contribution is 0.708. The molecule has 1 heterocycles. The van der Waals surface area contributed by atoms with Crippen LogP contribution in [0.3, 0.4) is 0 Å². The molecule has 0 aliphatic rings. The molecule has 21 heavy (non-hydrogen) atoms. The van der Waals surface area contributed by atoms with E-state index in [2.05, 4.69) is 4.98 Å². The molecule has 2 aromatic rings. The highest BCUT2D eigenvalue weighted by Crippen LogP contribution is 2.10. The molecule has 5 nitrogen and oxygen atoms in total. The van der Waals surface area contributed by atoms with Crippen molar-refractivity contribution in [1.82, 2.24) is 9.55 Å². The molecule has 0 saturated carbocycles. The van der Waals surface area contributed by atoms with Crippen molar-refractivity contribution in [3.63, 3.8) is 0 Å². The zero-order chi connectivity index (χ0) is 15.4. The van der Waals surface area contributed by atoms with Crippen LogP contribution in [0.5, 0.6) is 0 Å². The van der Waals surface area contributed by atoms with E-state index < -0.39 is 0 Å². The van der Waals surface area contributed by atoms with Gasteiger partial charge in [-0.3, -0.25) is 4.79 Å². The molecule has 0 atom stereocenters. The largest absolute Gasteiger partial charge is 0.389 e. The Bertz CT molecular complexity index is 711. The standard InChI is InChI=1S/C15H18N4OS/c1-3-19-8-7-17-14(15(19)20)18(2)10-11-5-4-6-12(9-11)13(16)21/h4-9H,3,10H2,1-2H3,(H2,16,21). The maximum atomic E-state index is 12.2. The van der Waals surface area contributed by atoms with Crippen LogP contribution in [-0.4, -0.2) is 21.6 Å². The lowest BCUT2D eigenvalue weighted by Gasteiger charge is -2.18. The second kappa shape index (κ2) is 6.49. The van der Waals surface area contributed by atoms with E-state index in [0.717, 1.165) is 11.1 Å². The van der Waals surface area contributed by atoms with Gasteiger partial charge in [-0.15, -0.1) is 0 Å². The third kappa shape index (κ3) is 3.46. The Morgan fingerprint density at radius 1 is 1.48 bits per heavy atom. The van der Waals surface area contributed by atoms with Crippen LogP contribution in [-0.2, 0) is 13.1 Å². The third-order valence-electron chi connectivity index (χ3n) is 3.23. The van der Waals surface area contributed by atoms with E-state index in [4.69, 9.17) is 18.0 Å². The number of hydrogen-bond donors (Lipinski definition) is 1. The molecular weight excluding hydrogens is 284 g/mol. The molecule has 1 aromatic carbocycles. The van der Waals surface area contributed by atoms with E-state index in [0.29, 0.717) is 23.9 Å². The molecule has 1 aromatic heterocycles. The number of hydrogen-bond acceptors (Lipinski definition) is 4. The summed E-state index contributed by atoms with van der Waals surface area (Å²) in [6.07, 6.45) is 3.33. The minimum atomic E-state index is -0.0898. The van der Waals surface area contributed by atoms with Gasteiger partial charge in [-0.05, 0) is 18.6 Å². The van der Waals surface area contributed by atoms with E-state index in [1.165, 1.54) is 0 Å². The van der Waals surface area contributed by atoms with Gasteiger partial charge in [0.15, 0.2) is 5.82 Å². The molecule has 2 N–H and O–H groups in total. The summed E-state index contributed by atoms with van der Waals surface area (Å²) in [4.78, 5) is 18.6. The normalized spacial score (nSPS) is 10.4. The molecule has 6 heteroatoms. The van der Waals surface area contributed by atoms with Crippen LogP contribution in [0.25, 0.3) is 0 Å². The molecule has 110 valence electrons. The average Bonchev–Trinajstić information content (AvgIpc) is 2.47. The van der Waals surface area contributed by atoms with Crippen molar-refractivity contribution in [2.24, 2.45) is 5.73 Å². The smallest absolute Gasteiger partial charge is 0.293 e. The van der Waals surface area contributed by atoms with E-state index in [-0.39, 0.29) is 5.56 Å². The van der Waals surface area contributed by atoms with Crippen LogP contribution >= 0.6 is 12.2 Å². The topological polar surface area (TPSA) is 64.2 Å². The van der Waals surface area contributed by atoms with Crippen molar-refractivity contribution in [1.29, 1.82) is 0 Å². The summed E-state index contributed by atoms with van der Waals surface area (Å²) in [5.41, 5.74) is 7.40. The van der Waals surface area contributed by atoms with Gasteiger partial charge in [0.1, 0.15) is 4.99 Å². The Hall–Kier alpha value is -2.21. The summed E-state index contributed by atoms with van der Waals surface area (Å²) in [7, 11) is 1.84. The van der Waals surface area contributed by atoms with E-state index in [1.807, 2.05) is 43.1 Å². The highest BCUT2D eigenvalue weighted by atomic mass is 32.1. The number of aryl methyl sites for hydroxylation is 1. The lowest BCUT2D eigenvalue weighted by Crippen LogP contribution is -2.30. The first-order valence-electron chi connectivity index (χ1n) is 6.68. The fraction of sp³-hybridized carbons (Fsp3) is 0.267. The first-order chi connectivity index (χ1) is 10.0. The van der Waals surface area contributed by atoms with Crippen LogP contribution < -0.4 is 16.2 Å². The summed E-state index contributed by atoms with van der Waals surface area (Å²) in [6.45, 7) is 3.11. The maximum absolute atomic E-state index is 12.2. The molecule has 0 aliphatic carbocycles. The number of benzene rings is 1. The number of nitrogens with zero attached hydrogens (tertiary/aromatic N) is 3. The van der Waals surface area contributed by atoms with E-state index >= 15 is 0 Å². The lowest BCUT2D eigenvalue weighted by atomic mass is 10.1. The molecule has 0 bridgehead atoms. The molecule has 0 amide bonds. The van der Waals surface area contributed by atoms with Gasteiger partial charge in [-0.1, -0.05) is 30.4 Å². The van der Waals surface area contributed by atoms with E-state index in [1.54, 1.807) is 17.0 Å². The second-order valence-corrected chi connectivity index (χ2v) is 5.20. The van der Waals surface area contributed by atoms with Gasteiger partial charge >= 0.3 is 0 Å². The fourth-order valence-electron chi connectivity index (χ4n) is 2.12. The summed E-state index contributed by atoms with van der Waals surface area (Å²) in [6, 6.07) is 7.68. The van der Waals surface area contributed by atoms with Crippen molar-refractivity contribution in [2.45, 2.75) is 20.0 Å². The second-order valence-electron chi connectivity index (χ2n) is 4.76. The Morgan fingerprint density at radius 3 is 2.90 bits per heavy atom. The summed E-state index contributed by atoms with van der Waals surface area (Å²) in [5.74, 6) is 0.431. The molecular formula is C15H18N4OS. The van der Waals surface area contributed by atoms with Crippen LogP contribution in [0, 0.1) is 0 Å². The maximum Gasteiger partial charge on any atom is 0.293 e. The number of thiocarbonyl (C=S) groups is 1. The summed E-state index contributed by atoms with van der Waals surface area (Å²) < 4.78 is 1.63. The summed E-state index contributed by atoms with van der Waals surface area (Å²) in [5, 5.41) is 0. The predicted octanol–water partition coefficient (Wildman–Crippen LogP) is 1.53. The Balaban J connectivity index is 2.26. The Labute approximate surface area is 129 Å². The van der Waals surface area contributed by atoms with Gasteiger partial charge in [0, 0.05) is 38.1 Å². The van der Waals surface area contributed by atoms with Gasteiger partial charge in [-0.2, -0.15) is 0 Å². The van der Waals surface area contributed by atoms with Crippen LogP contribution in [0.4, 0.5) is 5.82 Å². The minimum Gasteiger partial charge on any atom is -0.389 e. The highest BCUT2D eigenvalue weighted by molar-refractivity contribution is 7.80. The number of nitrogens with two attached hydrogens (primary N) is 1. The van der Waals surface area contributed by atoms with Crippen molar-refractivity contribution in [3.05, 3.63) is 58.1 Å². The van der Waals surface area contributed by atoms with Crippen LogP contribution in [0.1, 0.15) is 18.1 Å². The minimum absolute atomic E-state index is 0.0898. The molecule has 0 unspecified atom stereocenters. The molecule has 0 radical (unpaired) electrons. The quantitative estimate of drug-likeness (QED) is 0.849. The molecule has 0 fully saturated rings. The van der Waals surface area contributed by atoms with Crippen LogP contribution in [0.15, 0.2) is 41.5 Å². The molecule has 0 aliphatic heterocycles. The van der Waals surface area contributed by atoms with Gasteiger partial charge < -0.3 is 15.2 Å². The van der Waals surface area contributed by atoms with Gasteiger partial charge in [0.05, 0.1) is 0 Å². The fourth-order valence-corrected chi connectivity index (χ4v) is 2.25. The third-order valence-corrected chi connectivity index (χ3v) is 3.46. The molecule has 0 saturated heterocycles. The number of aromatic nitrogens is 2. The predicted molar refractivity (Wildman–Crippen MR) is 88.6 cm³/mol. The number of rotatable bonds is 5. The van der Waals surface area contributed by atoms with Crippen molar-refractivity contribution < 1.29 is 0 Å². The summed E-state index contributed by atoms with van der Waals surface area (Å²) >= 11 is 4.98. The Kier molecular flexibility index (Phi) is 4.70. The zero-order valence-electron chi connectivity index (χ0n) is 12.1. The first-order valence-corrected chi connectivity index (χ1v) is 7.09. The van der Waals surface area contributed by atoms with E-state index in [9.17, 15) is 4.79 Å². The van der Waals surface area contributed by atoms with Crippen molar-refractivity contribution in [2.75, 3.05) is 11.9 Å².